The zero-order chi connectivity index (χ0) is 18.8. The van der Waals surface area contributed by atoms with Crippen LogP contribution in [0, 0.1) is 0 Å². The normalized spacial score (nSPS) is 15.3. The molecule has 0 spiro atoms. The van der Waals surface area contributed by atoms with E-state index in [0.717, 1.165) is 0 Å². The van der Waals surface area contributed by atoms with Gasteiger partial charge in [0.2, 0.25) is 0 Å². The molecule has 0 bridgehead atoms. The number of nitrogens with one attached hydrogen (secondary N) is 1. The van der Waals surface area contributed by atoms with Gasteiger partial charge in [0.15, 0.2) is 5.75 Å². The van der Waals surface area contributed by atoms with Gasteiger partial charge in [-0.05, 0) is 67.8 Å². The number of rotatable bonds is 3. The number of carbonyl (C=O) groups excluding carboxylic acids is 3. The molecule has 0 aliphatic carbocycles. The summed E-state index contributed by atoms with van der Waals surface area (Å²) < 4.78 is 6.14. The van der Waals surface area contributed by atoms with Crippen LogP contribution in [0.25, 0.3) is 6.08 Å². The summed E-state index contributed by atoms with van der Waals surface area (Å²) in [5, 5.41) is 1.20. The molecule has 8 heteroatoms. The van der Waals surface area contributed by atoms with Crippen molar-refractivity contribution in [1.29, 1.82) is 0 Å². The molecular weight excluding hydrogens is 468 g/mol. The lowest BCUT2D eigenvalue weighted by atomic mass is 10.1. The largest absolute Gasteiger partial charge is 0.424 e. The smallest absolute Gasteiger partial charge is 0.308 e. The summed E-state index contributed by atoms with van der Waals surface area (Å²) in [6.45, 7) is 1.30. The maximum atomic E-state index is 12.6. The van der Waals surface area contributed by atoms with Crippen molar-refractivity contribution in [2.45, 2.75) is 6.92 Å². The van der Waals surface area contributed by atoms with Gasteiger partial charge in [0.25, 0.3) is 11.8 Å². The second kappa shape index (κ2) is 7.43. The van der Waals surface area contributed by atoms with E-state index >= 15 is 0 Å². The average molecular weight is 480 g/mol. The molecule has 3 rings (SSSR count). The topological polar surface area (TPSA) is 75.7 Å². The number of para-hydroxylation sites is 1. The summed E-state index contributed by atoms with van der Waals surface area (Å²) in [6, 6.07) is 12.1. The SMILES string of the molecule is CC(=O)Oc1c(Br)cc(C=C2C(=O)NN(c3ccccc3)C2=O)cc1Br. The van der Waals surface area contributed by atoms with Gasteiger partial charge >= 0.3 is 5.97 Å². The molecule has 1 aliphatic rings. The lowest BCUT2D eigenvalue weighted by Crippen LogP contribution is -2.35. The van der Waals surface area contributed by atoms with Crippen LogP contribution in [0.5, 0.6) is 5.75 Å². The van der Waals surface area contributed by atoms with Gasteiger partial charge in [-0.1, -0.05) is 18.2 Å². The van der Waals surface area contributed by atoms with Crippen LogP contribution >= 0.6 is 31.9 Å². The molecule has 1 heterocycles. The molecule has 26 heavy (non-hydrogen) atoms. The molecule has 2 aromatic carbocycles. The van der Waals surface area contributed by atoms with Gasteiger partial charge < -0.3 is 4.74 Å². The van der Waals surface area contributed by atoms with Crippen LogP contribution in [0.15, 0.2) is 57.0 Å². The van der Waals surface area contributed by atoms with Crippen LogP contribution < -0.4 is 15.2 Å². The Balaban J connectivity index is 1.94. The first-order valence-electron chi connectivity index (χ1n) is 7.46. The van der Waals surface area contributed by atoms with Crippen molar-refractivity contribution in [3.05, 3.63) is 62.5 Å². The molecule has 0 aromatic heterocycles. The van der Waals surface area contributed by atoms with E-state index in [0.29, 0.717) is 25.9 Å². The number of nitrogens with zero attached hydrogens (tertiary/aromatic N) is 1. The van der Waals surface area contributed by atoms with E-state index in [1.54, 1.807) is 36.4 Å². The van der Waals surface area contributed by atoms with Gasteiger partial charge in [-0.3, -0.25) is 19.8 Å². The molecule has 0 saturated carbocycles. The van der Waals surface area contributed by atoms with Crippen molar-refractivity contribution in [3.63, 3.8) is 0 Å². The molecule has 1 N–H and O–H groups in total. The van der Waals surface area contributed by atoms with Crippen molar-refractivity contribution in [3.8, 4) is 5.75 Å². The van der Waals surface area contributed by atoms with E-state index in [1.165, 1.54) is 18.0 Å². The third-order valence-corrected chi connectivity index (χ3v) is 4.66. The van der Waals surface area contributed by atoms with Gasteiger partial charge in [0.1, 0.15) is 5.57 Å². The van der Waals surface area contributed by atoms with Gasteiger partial charge in [0, 0.05) is 6.92 Å². The highest BCUT2D eigenvalue weighted by atomic mass is 79.9. The summed E-state index contributed by atoms with van der Waals surface area (Å²) in [6.07, 6.45) is 1.48. The van der Waals surface area contributed by atoms with Crippen molar-refractivity contribution in [2.24, 2.45) is 0 Å². The van der Waals surface area contributed by atoms with E-state index < -0.39 is 17.8 Å². The maximum Gasteiger partial charge on any atom is 0.308 e. The Bertz CT molecular complexity index is 918. The van der Waals surface area contributed by atoms with Gasteiger partial charge in [-0.2, -0.15) is 0 Å². The quantitative estimate of drug-likeness (QED) is 0.316. The summed E-state index contributed by atoms with van der Waals surface area (Å²) in [5.74, 6) is -1.07. The number of amides is 2. The van der Waals surface area contributed by atoms with Crippen molar-refractivity contribution in [1.82, 2.24) is 5.43 Å². The number of ether oxygens (including phenoxy) is 1. The van der Waals surface area contributed by atoms with E-state index in [-0.39, 0.29) is 5.57 Å². The fourth-order valence-corrected chi connectivity index (χ4v) is 3.77. The highest BCUT2D eigenvalue weighted by Gasteiger charge is 2.34. The van der Waals surface area contributed by atoms with E-state index in [2.05, 4.69) is 37.3 Å². The first-order chi connectivity index (χ1) is 12.4. The Kier molecular flexibility index (Phi) is 5.24. The first kappa shape index (κ1) is 18.3. The van der Waals surface area contributed by atoms with Crippen molar-refractivity contribution in [2.75, 3.05) is 5.01 Å². The number of hydrogen-bond acceptors (Lipinski definition) is 4. The van der Waals surface area contributed by atoms with E-state index in [9.17, 15) is 14.4 Å². The van der Waals surface area contributed by atoms with E-state index in [4.69, 9.17) is 4.74 Å². The minimum Gasteiger partial charge on any atom is -0.424 e. The third kappa shape index (κ3) is 3.71. The molecule has 0 atom stereocenters. The molecule has 2 amide bonds. The predicted molar refractivity (Wildman–Crippen MR) is 103 cm³/mol. The van der Waals surface area contributed by atoms with Gasteiger partial charge in [-0.15, -0.1) is 0 Å². The van der Waals surface area contributed by atoms with Gasteiger partial charge in [0.05, 0.1) is 14.6 Å². The van der Waals surface area contributed by atoms with Crippen LogP contribution in [-0.2, 0) is 14.4 Å². The maximum absolute atomic E-state index is 12.6. The highest BCUT2D eigenvalue weighted by molar-refractivity contribution is 9.11. The number of esters is 1. The molecule has 1 aliphatic heterocycles. The van der Waals surface area contributed by atoms with E-state index in [1.807, 2.05) is 6.07 Å². The molecule has 132 valence electrons. The summed E-state index contributed by atoms with van der Waals surface area (Å²) in [4.78, 5) is 36.0. The molecule has 0 radical (unpaired) electrons. The number of hydrazine groups is 1. The molecule has 6 nitrogen and oxygen atoms in total. The van der Waals surface area contributed by atoms with Crippen molar-refractivity contribution >= 4 is 61.4 Å². The third-order valence-electron chi connectivity index (χ3n) is 3.48. The summed E-state index contributed by atoms with van der Waals surface area (Å²) >= 11 is 6.64. The zero-order valence-electron chi connectivity index (χ0n) is 13.5. The summed E-state index contributed by atoms with van der Waals surface area (Å²) in [7, 11) is 0. The highest BCUT2D eigenvalue weighted by Crippen LogP contribution is 2.36. The number of benzene rings is 2. The molecule has 1 saturated heterocycles. The molecule has 2 aromatic rings. The van der Waals surface area contributed by atoms with Crippen LogP contribution in [-0.4, -0.2) is 17.8 Å². The Labute approximate surface area is 166 Å². The first-order valence-corrected chi connectivity index (χ1v) is 9.05. The summed E-state index contributed by atoms with van der Waals surface area (Å²) in [5.41, 5.74) is 3.71. The number of anilines is 1. The predicted octanol–water partition coefficient (Wildman–Crippen LogP) is 3.60. The van der Waals surface area contributed by atoms with Crippen LogP contribution in [0.3, 0.4) is 0 Å². The Hall–Kier alpha value is -2.45. The average Bonchev–Trinajstić information content (AvgIpc) is 2.87. The number of hydrogen-bond donors (Lipinski definition) is 1. The van der Waals surface area contributed by atoms with Crippen molar-refractivity contribution < 1.29 is 19.1 Å². The monoisotopic (exact) mass is 478 g/mol. The Morgan fingerprint density at radius 1 is 1.12 bits per heavy atom. The minimum absolute atomic E-state index is 0.00730. The standard InChI is InChI=1S/C18H12Br2N2O4/c1-10(23)26-16-14(19)8-11(9-15(16)20)7-13-17(24)21-22(18(13)25)12-5-3-2-4-6-12/h2-9H,1H3,(H,21,24). The second-order valence-corrected chi connectivity index (χ2v) is 7.09. The Morgan fingerprint density at radius 2 is 1.73 bits per heavy atom. The Morgan fingerprint density at radius 3 is 2.31 bits per heavy atom. The van der Waals surface area contributed by atoms with Gasteiger partial charge in [-0.25, -0.2) is 5.01 Å². The molecule has 1 fully saturated rings. The zero-order valence-corrected chi connectivity index (χ0v) is 16.6. The fraction of sp³-hybridized carbons (Fsp3) is 0.0556. The fourth-order valence-electron chi connectivity index (χ4n) is 2.39. The molecular formula is C18H12Br2N2O4. The number of halogens is 2. The number of carbonyl (C=O) groups is 3. The molecule has 0 unspecified atom stereocenters. The lowest BCUT2D eigenvalue weighted by Gasteiger charge is -2.13. The minimum atomic E-state index is -0.491. The van der Waals surface area contributed by atoms with Crippen LogP contribution in [0.1, 0.15) is 12.5 Å². The second-order valence-electron chi connectivity index (χ2n) is 5.38. The van der Waals surface area contributed by atoms with Crippen LogP contribution in [0.4, 0.5) is 5.69 Å². The lowest BCUT2D eigenvalue weighted by molar-refractivity contribution is -0.132. The van der Waals surface area contributed by atoms with Crippen LogP contribution in [0.2, 0.25) is 0 Å².